The van der Waals surface area contributed by atoms with Crippen LogP contribution in [0.3, 0.4) is 0 Å². The molecule has 0 spiro atoms. The maximum Gasteiger partial charge on any atom is 0.0797 e. The fourth-order valence-corrected chi connectivity index (χ4v) is 2.40. The first-order valence-corrected chi connectivity index (χ1v) is 6.29. The van der Waals surface area contributed by atoms with Crippen LogP contribution >= 0.6 is 0 Å². The smallest absolute Gasteiger partial charge is 0.0797 e. The quantitative estimate of drug-likeness (QED) is 0.782. The lowest BCUT2D eigenvalue weighted by Crippen LogP contribution is -2.30. The first kappa shape index (κ1) is 12.1. The Morgan fingerprint density at radius 2 is 2.18 bits per heavy atom. The van der Waals surface area contributed by atoms with Gasteiger partial charge < -0.3 is 0 Å². The van der Waals surface area contributed by atoms with Gasteiger partial charge in [-0.25, -0.2) is 0 Å². The van der Waals surface area contributed by atoms with Crippen LogP contribution in [0.4, 0.5) is 0 Å². The minimum Gasteiger partial charge on any atom is -0.295 e. The van der Waals surface area contributed by atoms with Crippen LogP contribution in [0.2, 0.25) is 0 Å². The molecule has 2 rings (SSSR count). The van der Waals surface area contributed by atoms with Gasteiger partial charge in [-0.3, -0.25) is 9.58 Å². The van der Waals surface area contributed by atoms with E-state index in [9.17, 15) is 0 Å². The van der Waals surface area contributed by atoms with Crippen LogP contribution < -0.4 is 0 Å². The molecule has 17 heavy (non-hydrogen) atoms. The number of fused-ring (bicyclic) bond motifs is 1. The van der Waals surface area contributed by atoms with Crippen LogP contribution in [0, 0.1) is 18.3 Å². The lowest BCUT2D eigenvalue weighted by atomic mass is 10.1. The molecule has 0 N–H and O–H groups in total. The number of aryl methyl sites for hydroxylation is 1. The molecule has 1 aliphatic rings. The van der Waals surface area contributed by atoms with E-state index < -0.39 is 0 Å². The lowest BCUT2D eigenvalue weighted by molar-refractivity contribution is 0.216. The molecule has 0 saturated heterocycles. The van der Waals surface area contributed by atoms with Crippen LogP contribution in [-0.4, -0.2) is 27.3 Å². The first-order chi connectivity index (χ1) is 8.13. The molecule has 0 bridgehead atoms. The zero-order valence-corrected chi connectivity index (χ0v) is 10.9. The van der Waals surface area contributed by atoms with Gasteiger partial charge in [0.25, 0.3) is 0 Å². The number of hydrogen-bond donors (Lipinski definition) is 0. The summed E-state index contributed by atoms with van der Waals surface area (Å²) in [7, 11) is 0. The van der Waals surface area contributed by atoms with E-state index in [1.165, 1.54) is 11.3 Å². The van der Waals surface area contributed by atoms with Crippen molar-refractivity contribution >= 4 is 0 Å². The van der Waals surface area contributed by atoms with Crippen molar-refractivity contribution in [1.29, 1.82) is 5.26 Å². The molecule has 0 aromatic carbocycles. The fraction of sp³-hybridized carbons (Fsp3) is 0.692. The van der Waals surface area contributed by atoms with Gasteiger partial charge in [0, 0.05) is 25.7 Å². The van der Waals surface area contributed by atoms with E-state index in [0.29, 0.717) is 12.5 Å². The maximum atomic E-state index is 8.79. The van der Waals surface area contributed by atoms with Gasteiger partial charge in [0.2, 0.25) is 0 Å². The van der Waals surface area contributed by atoms with E-state index >= 15 is 0 Å². The summed E-state index contributed by atoms with van der Waals surface area (Å²) in [6.07, 6.45) is 1.56. The number of rotatable bonds is 2. The second-order valence-electron chi connectivity index (χ2n) is 4.99. The van der Waals surface area contributed by atoms with Crippen molar-refractivity contribution in [3.05, 3.63) is 17.0 Å². The highest BCUT2D eigenvalue weighted by Crippen LogP contribution is 2.20. The average Bonchev–Trinajstić information content (AvgIpc) is 2.50. The van der Waals surface area contributed by atoms with E-state index in [1.807, 2.05) is 0 Å². The van der Waals surface area contributed by atoms with Crippen molar-refractivity contribution in [3.8, 4) is 6.07 Å². The highest BCUT2D eigenvalue weighted by molar-refractivity contribution is 5.27. The van der Waals surface area contributed by atoms with Crippen LogP contribution in [0.25, 0.3) is 0 Å². The molecule has 2 heterocycles. The summed E-state index contributed by atoms with van der Waals surface area (Å²) in [5, 5.41) is 13.4. The molecule has 0 atom stereocenters. The Morgan fingerprint density at radius 3 is 2.82 bits per heavy atom. The Bertz CT molecular complexity index is 439. The lowest BCUT2D eigenvalue weighted by Gasteiger charge is -2.24. The predicted octanol–water partition coefficient (Wildman–Crippen LogP) is 1.87. The third kappa shape index (κ3) is 2.34. The third-order valence-electron chi connectivity index (χ3n) is 3.56. The van der Waals surface area contributed by atoms with E-state index in [-0.39, 0.29) is 0 Å². The Balaban J connectivity index is 2.31. The zero-order valence-electron chi connectivity index (χ0n) is 10.9. The van der Waals surface area contributed by atoms with Gasteiger partial charge in [0.1, 0.15) is 0 Å². The molecular formula is C13H20N4. The normalized spacial score (nSPS) is 16.6. The Morgan fingerprint density at radius 1 is 1.41 bits per heavy atom. The molecular weight excluding hydrogens is 212 g/mol. The van der Waals surface area contributed by atoms with Crippen LogP contribution in [0.15, 0.2) is 0 Å². The van der Waals surface area contributed by atoms with Gasteiger partial charge in [-0.05, 0) is 32.8 Å². The summed E-state index contributed by atoms with van der Waals surface area (Å²) in [5.74, 6) is 0. The Hall–Kier alpha value is -1.34. The Kier molecular flexibility index (Phi) is 3.49. The molecule has 0 fully saturated rings. The topological polar surface area (TPSA) is 44.9 Å². The largest absolute Gasteiger partial charge is 0.295 e. The first-order valence-electron chi connectivity index (χ1n) is 6.29. The SMILES string of the molecule is Cc1c(CC#N)nn2c1CN(C(C)C)CCC2. The summed E-state index contributed by atoms with van der Waals surface area (Å²) in [6.45, 7) is 9.63. The molecule has 0 aliphatic carbocycles. The van der Waals surface area contributed by atoms with Gasteiger partial charge in [-0.1, -0.05) is 0 Å². The molecule has 1 aromatic rings. The van der Waals surface area contributed by atoms with Gasteiger partial charge in [0.15, 0.2) is 0 Å². The van der Waals surface area contributed by atoms with Gasteiger partial charge in [0.05, 0.1) is 23.9 Å². The number of nitrogens with zero attached hydrogens (tertiary/aromatic N) is 4. The van der Waals surface area contributed by atoms with Gasteiger partial charge in [-0.15, -0.1) is 0 Å². The fourth-order valence-electron chi connectivity index (χ4n) is 2.40. The molecule has 1 aliphatic heterocycles. The Labute approximate surface area is 103 Å². The van der Waals surface area contributed by atoms with Crippen molar-refractivity contribution in [3.63, 3.8) is 0 Å². The summed E-state index contributed by atoms with van der Waals surface area (Å²) >= 11 is 0. The molecule has 1 aromatic heterocycles. The number of nitriles is 1. The minimum absolute atomic E-state index is 0.424. The minimum atomic E-state index is 0.424. The number of hydrogen-bond acceptors (Lipinski definition) is 3. The zero-order chi connectivity index (χ0) is 12.4. The molecule has 92 valence electrons. The van der Waals surface area contributed by atoms with Crippen LogP contribution in [0.1, 0.15) is 37.2 Å². The van der Waals surface area contributed by atoms with E-state index in [0.717, 1.165) is 31.7 Å². The second kappa shape index (κ2) is 4.89. The molecule has 4 nitrogen and oxygen atoms in total. The molecule has 0 radical (unpaired) electrons. The second-order valence-corrected chi connectivity index (χ2v) is 4.99. The van der Waals surface area contributed by atoms with Crippen LogP contribution in [-0.2, 0) is 19.5 Å². The summed E-state index contributed by atoms with van der Waals surface area (Å²) < 4.78 is 2.10. The summed E-state index contributed by atoms with van der Waals surface area (Å²) in [6, 6.07) is 2.76. The molecule has 0 unspecified atom stereocenters. The van der Waals surface area contributed by atoms with Crippen molar-refractivity contribution in [2.45, 2.75) is 52.7 Å². The van der Waals surface area contributed by atoms with Crippen molar-refractivity contribution in [1.82, 2.24) is 14.7 Å². The average molecular weight is 232 g/mol. The molecule has 0 amide bonds. The summed E-state index contributed by atoms with van der Waals surface area (Å²) in [5.41, 5.74) is 3.45. The van der Waals surface area contributed by atoms with Gasteiger partial charge >= 0.3 is 0 Å². The van der Waals surface area contributed by atoms with Crippen molar-refractivity contribution in [2.24, 2.45) is 0 Å². The van der Waals surface area contributed by atoms with Gasteiger partial charge in [-0.2, -0.15) is 10.4 Å². The number of aromatic nitrogens is 2. The van der Waals surface area contributed by atoms with E-state index in [2.05, 4.69) is 41.5 Å². The highest BCUT2D eigenvalue weighted by atomic mass is 15.3. The highest BCUT2D eigenvalue weighted by Gasteiger charge is 2.21. The summed E-state index contributed by atoms with van der Waals surface area (Å²) in [4.78, 5) is 2.48. The third-order valence-corrected chi connectivity index (χ3v) is 3.56. The maximum absolute atomic E-state index is 8.79. The molecule has 0 saturated carbocycles. The van der Waals surface area contributed by atoms with E-state index in [4.69, 9.17) is 5.26 Å². The van der Waals surface area contributed by atoms with Crippen molar-refractivity contribution in [2.75, 3.05) is 6.54 Å². The van der Waals surface area contributed by atoms with Crippen LogP contribution in [0.5, 0.6) is 0 Å². The van der Waals surface area contributed by atoms with Crippen molar-refractivity contribution < 1.29 is 0 Å². The standard InChI is InChI=1S/C13H20N4/c1-10(2)16-7-4-8-17-13(9-16)11(3)12(15-17)5-6-14/h10H,4-5,7-9H2,1-3H3. The predicted molar refractivity (Wildman–Crippen MR) is 66.4 cm³/mol. The molecule has 4 heteroatoms. The monoisotopic (exact) mass is 232 g/mol. The van der Waals surface area contributed by atoms with E-state index in [1.54, 1.807) is 0 Å².